The second-order valence-electron chi connectivity index (χ2n) is 4.86. The lowest BCUT2D eigenvalue weighted by Gasteiger charge is -2.25. The van der Waals surface area contributed by atoms with Gasteiger partial charge in [-0.1, -0.05) is 63.4 Å². The standard InChI is InChI=1S/C14H22/c1-5-6-10-14(3,4)13-9-7-8-12(2)11-13/h7-9,11H,5-6,10H2,1-4H3. The van der Waals surface area contributed by atoms with Crippen LogP contribution in [0.2, 0.25) is 0 Å². The zero-order valence-electron chi connectivity index (χ0n) is 9.93. The van der Waals surface area contributed by atoms with Gasteiger partial charge >= 0.3 is 0 Å². The van der Waals surface area contributed by atoms with E-state index in [1.165, 1.54) is 30.4 Å². The Bertz CT molecular complexity index is 284. The Morgan fingerprint density at radius 1 is 1.21 bits per heavy atom. The molecule has 78 valence electrons. The van der Waals surface area contributed by atoms with Crippen LogP contribution in [-0.4, -0.2) is 0 Å². The van der Waals surface area contributed by atoms with Gasteiger partial charge in [-0.2, -0.15) is 0 Å². The van der Waals surface area contributed by atoms with Crippen LogP contribution < -0.4 is 0 Å². The molecule has 0 saturated heterocycles. The van der Waals surface area contributed by atoms with E-state index in [-0.39, 0.29) is 0 Å². The van der Waals surface area contributed by atoms with Crippen molar-refractivity contribution in [2.45, 2.75) is 52.4 Å². The molecule has 0 amide bonds. The van der Waals surface area contributed by atoms with Gasteiger partial charge in [-0.3, -0.25) is 0 Å². The van der Waals surface area contributed by atoms with Crippen molar-refractivity contribution in [2.75, 3.05) is 0 Å². The van der Waals surface area contributed by atoms with E-state index in [9.17, 15) is 0 Å². The van der Waals surface area contributed by atoms with E-state index in [4.69, 9.17) is 0 Å². The SMILES string of the molecule is CCCCC(C)(C)c1cccc(C)c1. The molecule has 14 heavy (non-hydrogen) atoms. The first-order valence-corrected chi connectivity index (χ1v) is 5.63. The number of rotatable bonds is 4. The summed E-state index contributed by atoms with van der Waals surface area (Å²) in [6, 6.07) is 8.90. The highest BCUT2D eigenvalue weighted by molar-refractivity contribution is 5.28. The molecular weight excluding hydrogens is 168 g/mol. The molecule has 1 rings (SSSR count). The van der Waals surface area contributed by atoms with Crippen LogP contribution in [0.15, 0.2) is 24.3 Å². The lowest BCUT2D eigenvalue weighted by Crippen LogP contribution is -2.16. The molecule has 0 aromatic heterocycles. The molecule has 1 aromatic carbocycles. The normalized spacial score (nSPS) is 11.7. The molecule has 0 atom stereocenters. The van der Waals surface area contributed by atoms with Crippen LogP contribution in [0.5, 0.6) is 0 Å². The minimum Gasteiger partial charge on any atom is -0.0654 e. The molecule has 0 spiro atoms. The van der Waals surface area contributed by atoms with E-state index in [0.29, 0.717) is 5.41 Å². The van der Waals surface area contributed by atoms with Gasteiger partial charge < -0.3 is 0 Å². The van der Waals surface area contributed by atoms with Crippen LogP contribution in [0.1, 0.15) is 51.2 Å². The molecule has 0 unspecified atom stereocenters. The summed E-state index contributed by atoms with van der Waals surface area (Å²) in [7, 11) is 0. The number of hydrogen-bond donors (Lipinski definition) is 0. The van der Waals surface area contributed by atoms with Crippen LogP contribution in [0.3, 0.4) is 0 Å². The molecule has 0 N–H and O–H groups in total. The summed E-state index contributed by atoms with van der Waals surface area (Å²) >= 11 is 0. The quantitative estimate of drug-likeness (QED) is 0.657. The van der Waals surface area contributed by atoms with Crippen LogP contribution in [0, 0.1) is 6.92 Å². The summed E-state index contributed by atoms with van der Waals surface area (Å²) < 4.78 is 0. The molecule has 0 aliphatic carbocycles. The van der Waals surface area contributed by atoms with Crippen molar-refractivity contribution in [2.24, 2.45) is 0 Å². The molecule has 0 nitrogen and oxygen atoms in total. The third-order valence-electron chi connectivity index (χ3n) is 2.95. The fourth-order valence-corrected chi connectivity index (χ4v) is 1.83. The maximum atomic E-state index is 2.34. The highest BCUT2D eigenvalue weighted by Gasteiger charge is 2.19. The van der Waals surface area contributed by atoms with Gasteiger partial charge in [-0.15, -0.1) is 0 Å². The van der Waals surface area contributed by atoms with E-state index in [2.05, 4.69) is 52.0 Å². The van der Waals surface area contributed by atoms with Crippen LogP contribution >= 0.6 is 0 Å². The van der Waals surface area contributed by atoms with Gasteiger partial charge in [0, 0.05) is 0 Å². The van der Waals surface area contributed by atoms with Crippen LogP contribution in [0.4, 0.5) is 0 Å². The molecule has 0 heterocycles. The highest BCUT2D eigenvalue weighted by atomic mass is 14.2. The van der Waals surface area contributed by atoms with Gasteiger partial charge in [-0.25, -0.2) is 0 Å². The minimum absolute atomic E-state index is 0.335. The second-order valence-corrected chi connectivity index (χ2v) is 4.86. The summed E-state index contributed by atoms with van der Waals surface area (Å²) in [6.07, 6.45) is 3.89. The highest BCUT2D eigenvalue weighted by Crippen LogP contribution is 2.29. The largest absolute Gasteiger partial charge is 0.0654 e. The van der Waals surface area contributed by atoms with E-state index < -0.39 is 0 Å². The monoisotopic (exact) mass is 190 g/mol. The first-order chi connectivity index (χ1) is 6.56. The predicted octanol–water partition coefficient (Wildman–Crippen LogP) is 4.46. The lowest BCUT2D eigenvalue weighted by atomic mass is 9.80. The Balaban J connectivity index is 2.80. The maximum absolute atomic E-state index is 2.34. The Morgan fingerprint density at radius 3 is 2.50 bits per heavy atom. The van der Waals surface area contributed by atoms with Crippen molar-refractivity contribution < 1.29 is 0 Å². The molecule has 0 aliphatic rings. The Kier molecular flexibility index (Phi) is 3.74. The first-order valence-electron chi connectivity index (χ1n) is 5.63. The zero-order chi connectivity index (χ0) is 10.6. The summed E-state index contributed by atoms with van der Waals surface area (Å²) in [5.74, 6) is 0. The van der Waals surface area contributed by atoms with Crippen molar-refractivity contribution >= 4 is 0 Å². The van der Waals surface area contributed by atoms with E-state index in [1.807, 2.05) is 0 Å². The summed E-state index contributed by atoms with van der Waals surface area (Å²) in [4.78, 5) is 0. The number of aryl methyl sites for hydroxylation is 1. The molecule has 0 fully saturated rings. The van der Waals surface area contributed by atoms with Gasteiger partial charge in [0.1, 0.15) is 0 Å². The average Bonchev–Trinajstić information content (AvgIpc) is 2.15. The Hall–Kier alpha value is -0.780. The van der Waals surface area contributed by atoms with Gasteiger partial charge in [0.05, 0.1) is 0 Å². The Morgan fingerprint density at radius 2 is 1.93 bits per heavy atom. The molecule has 0 bridgehead atoms. The van der Waals surface area contributed by atoms with E-state index >= 15 is 0 Å². The number of benzene rings is 1. The zero-order valence-corrected chi connectivity index (χ0v) is 9.93. The van der Waals surface area contributed by atoms with Gasteiger partial charge in [0.2, 0.25) is 0 Å². The molecule has 1 aromatic rings. The fourth-order valence-electron chi connectivity index (χ4n) is 1.83. The van der Waals surface area contributed by atoms with Crippen molar-refractivity contribution in [3.63, 3.8) is 0 Å². The first kappa shape index (κ1) is 11.3. The molecule has 0 saturated carbocycles. The Labute approximate surface area is 88.4 Å². The minimum atomic E-state index is 0.335. The van der Waals surface area contributed by atoms with Gasteiger partial charge in [-0.05, 0) is 24.3 Å². The number of hydrogen-bond acceptors (Lipinski definition) is 0. The van der Waals surface area contributed by atoms with E-state index in [1.54, 1.807) is 0 Å². The molecule has 0 aliphatic heterocycles. The summed E-state index contributed by atoms with van der Waals surface area (Å²) in [5, 5.41) is 0. The summed E-state index contributed by atoms with van der Waals surface area (Å²) in [5.41, 5.74) is 3.18. The molecular formula is C14H22. The van der Waals surface area contributed by atoms with Crippen molar-refractivity contribution in [3.05, 3.63) is 35.4 Å². The molecule has 0 radical (unpaired) electrons. The third-order valence-corrected chi connectivity index (χ3v) is 2.95. The predicted molar refractivity (Wildman–Crippen MR) is 63.7 cm³/mol. The van der Waals surface area contributed by atoms with E-state index in [0.717, 1.165) is 0 Å². The van der Waals surface area contributed by atoms with Crippen LogP contribution in [-0.2, 0) is 5.41 Å². The fraction of sp³-hybridized carbons (Fsp3) is 0.571. The third kappa shape index (κ3) is 2.87. The van der Waals surface area contributed by atoms with Gasteiger partial charge in [0.25, 0.3) is 0 Å². The van der Waals surface area contributed by atoms with Crippen molar-refractivity contribution in [1.82, 2.24) is 0 Å². The average molecular weight is 190 g/mol. The topological polar surface area (TPSA) is 0 Å². The lowest BCUT2D eigenvalue weighted by molar-refractivity contribution is 0.457. The number of unbranched alkanes of at least 4 members (excludes halogenated alkanes) is 1. The van der Waals surface area contributed by atoms with Gasteiger partial charge in [0.15, 0.2) is 0 Å². The maximum Gasteiger partial charge on any atom is -0.0103 e. The second kappa shape index (κ2) is 4.63. The molecule has 0 heteroatoms. The van der Waals surface area contributed by atoms with Crippen LogP contribution in [0.25, 0.3) is 0 Å². The summed E-state index contributed by atoms with van der Waals surface area (Å²) in [6.45, 7) is 9.11. The van der Waals surface area contributed by atoms with Crippen molar-refractivity contribution in [3.8, 4) is 0 Å². The van der Waals surface area contributed by atoms with Crippen molar-refractivity contribution in [1.29, 1.82) is 0 Å². The smallest absolute Gasteiger partial charge is 0.0103 e.